The van der Waals surface area contributed by atoms with Gasteiger partial charge in [0.25, 0.3) is 0 Å². The lowest BCUT2D eigenvalue weighted by molar-refractivity contribution is -0.219. The van der Waals surface area contributed by atoms with Crippen molar-refractivity contribution in [3.8, 4) is 5.75 Å². The van der Waals surface area contributed by atoms with E-state index in [1.54, 1.807) is 37.3 Å². The van der Waals surface area contributed by atoms with Crippen LogP contribution in [0.2, 0.25) is 0 Å². The van der Waals surface area contributed by atoms with E-state index >= 15 is 0 Å². The van der Waals surface area contributed by atoms with Crippen molar-refractivity contribution in [2.24, 2.45) is 5.92 Å². The molecule has 2 aliphatic heterocycles. The molecule has 10 atom stereocenters. The Balaban J connectivity index is 1.44. The lowest BCUT2D eigenvalue weighted by Gasteiger charge is -2.40. The van der Waals surface area contributed by atoms with E-state index in [4.69, 9.17) is 29.0 Å². The standard InChI is InChI=1S/C22H31N3O14P2/c1-11-13(26)9-14(38-20(11)36-12-5-3-2-4-6-12)21(40(30,31)32)39-41(33,34)35-10-15-17(27)18(28)19(37-15)25-8-7-16(23)24-22(25)29/h2-8,11,13-15,17-21,26-28H,9-10H2,1H3,(H,33,34)(H2,23,24,29)(H2,30,31,32)/t11-,13?,14-,15-,17+,18?,19-,20?,21?/m1/s1. The van der Waals surface area contributed by atoms with E-state index in [-0.39, 0.29) is 12.2 Å². The number of phosphoric ester groups is 1. The first-order valence-electron chi connectivity index (χ1n) is 12.3. The van der Waals surface area contributed by atoms with E-state index < -0.39 is 82.5 Å². The molecule has 8 N–H and O–H groups in total. The number of anilines is 1. The Kier molecular flexibility index (Phi) is 9.70. The SMILES string of the molecule is C[C@@H]1C(O)C[C@H](C(OP(=O)(O)OC[C@H]2O[C@@H](n3ccc(N)nc3=O)C(O)[C@H]2O)P(=O)(O)O)OC1Oc1ccccc1. The Labute approximate surface area is 232 Å². The van der Waals surface area contributed by atoms with E-state index in [9.17, 15) is 43.9 Å². The highest BCUT2D eigenvalue weighted by molar-refractivity contribution is 7.54. The fourth-order valence-corrected chi connectivity index (χ4v) is 6.61. The predicted octanol–water partition coefficient (Wildman–Crippen LogP) is -0.727. The molecule has 2 fully saturated rings. The number of nitrogens with two attached hydrogens (primary N) is 1. The molecule has 1 aromatic carbocycles. The fraction of sp³-hybridized carbons (Fsp3) is 0.545. The summed E-state index contributed by atoms with van der Waals surface area (Å²) in [6, 6.07) is 9.52. The van der Waals surface area contributed by atoms with Crippen LogP contribution in [-0.4, -0.2) is 88.8 Å². The first-order valence-corrected chi connectivity index (χ1v) is 15.5. The Hall–Kier alpha value is -2.24. The van der Waals surface area contributed by atoms with Crippen LogP contribution >= 0.6 is 15.4 Å². The minimum absolute atomic E-state index is 0.0981. The number of ether oxygens (including phenoxy) is 3. The summed E-state index contributed by atoms with van der Waals surface area (Å²) in [6.45, 7) is 0.684. The molecule has 228 valence electrons. The zero-order valence-electron chi connectivity index (χ0n) is 21.5. The molecule has 1 aromatic heterocycles. The van der Waals surface area contributed by atoms with Crippen molar-refractivity contribution in [1.82, 2.24) is 9.55 Å². The molecule has 2 saturated heterocycles. The first kappa shape index (κ1) is 31.7. The summed E-state index contributed by atoms with van der Waals surface area (Å²) in [4.78, 5) is 45.8. The normalized spacial score (nSPS) is 32.8. The third kappa shape index (κ3) is 7.59. The number of nitrogen functional groups attached to an aromatic ring is 1. The maximum absolute atomic E-state index is 12.8. The van der Waals surface area contributed by atoms with Gasteiger partial charge in [-0.05, 0) is 18.2 Å². The molecule has 0 radical (unpaired) electrons. The summed E-state index contributed by atoms with van der Waals surface area (Å²) in [6.07, 6.45) is -9.55. The third-order valence-electron chi connectivity index (χ3n) is 6.57. The summed E-state index contributed by atoms with van der Waals surface area (Å²) in [5.41, 5.74) is 4.54. The molecule has 3 heterocycles. The highest BCUT2D eigenvalue weighted by Crippen LogP contribution is 2.56. The second kappa shape index (κ2) is 12.6. The number of hydrogen-bond donors (Lipinski definition) is 7. The van der Waals surface area contributed by atoms with Crippen molar-refractivity contribution in [3.05, 3.63) is 53.1 Å². The maximum Gasteiger partial charge on any atom is 0.473 e. The summed E-state index contributed by atoms with van der Waals surface area (Å²) in [5.74, 6) is -2.77. The van der Waals surface area contributed by atoms with Crippen molar-refractivity contribution in [3.63, 3.8) is 0 Å². The zero-order valence-corrected chi connectivity index (χ0v) is 23.3. The van der Waals surface area contributed by atoms with Crippen molar-refractivity contribution < 1.29 is 62.4 Å². The van der Waals surface area contributed by atoms with Crippen molar-refractivity contribution in [1.29, 1.82) is 0 Å². The predicted molar refractivity (Wildman–Crippen MR) is 137 cm³/mol. The Morgan fingerprint density at radius 3 is 2.41 bits per heavy atom. The average molecular weight is 623 g/mol. The van der Waals surface area contributed by atoms with Crippen LogP contribution < -0.4 is 16.2 Å². The topological polar surface area (TPSA) is 263 Å². The minimum atomic E-state index is -5.33. The Bertz CT molecular complexity index is 1340. The molecule has 41 heavy (non-hydrogen) atoms. The number of aromatic nitrogens is 2. The molecule has 0 aliphatic carbocycles. The van der Waals surface area contributed by atoms with Crippen molar-refractivity contribution >= 4 is 21.2 Å². The van der Waals surface area contributed by atoms with Gasteiger partial charge in [0.05, 0.1) is 12.7 Å². The molecule has 4 rings (SSSR count). The number of benzene rings is 1. The number of nitrogens with zero attached hydrogens (tertiary/aromatic N) is 2. The van der Waals surface area contributed by atoms with Crippen LogP contribution in [0.3, 0.4) is 0 Å². The molecule has 0 amide bonds. The van der Waals surface area contributed by atoms with Crippen LogP contribution in [0.15, 0.2) is 47.4 Å². The molecular formula is C22H31N3O14P2. The number of para-hydroxylation sites is 1. The summed E-state index contributed by atoms with van der Waals surface area (Å²) < 4.78 is 52.4. The van der Waals surface area contributed by atoms with Crippen LogP contribution in [0.25, 0.3) is 0 Å². The monoisotopic (exact) mass is 623 g/mol. The molecular weight excluding hydrogens is 592 g/mol. The van der Waals surface area contributed by atoms with Gasteiger partial charge in [-0.25, -0.2) is 9.36 Å². The van der Waals surface area contributed by atoms with E-state index in [0.29, 0.717) is 5.75 Å². The average Bonchev–Trinajstić information content (AvgIpc) is 3.17. The lowest BCUT2D eigenvalue weighted by Crippen LogP contribution is -2.49. The van der Waals surface area contributed by atoms with Gasteiger partial charge < -0.3 is 49.9 Å². The maximum atomic E-state index is 12.8. The van der Waals surface area contributed by atoms with Gasteiger partial charge in [0.2, 0.25) is 6.29 Å². The third-order valence-corrected chi connectivity index (χ3v) is 8.81. The van der Waals surface area contributed by atoms with Gasteiger partial charge in [0, 0.05) is 18.5 Å². The molecule has 2 aromatic rings. The van der Waals surface area contributed by atoms with Gasteiger partial charge in [-0.1, -0.05) is 25.1 Å². The van der Waals surface area contributed by atoms with Gasteiger partial charge in [-0.3, -0.25) is 18.2 Å². The Morgan fingerprint density at radius 2 is 1.78 bits per heavy atom. The molecule has 19 heteroatoms. The van der Waals surface area contributed by atoms with E-state index in [1.807, 2.05) is 0 Å². The molecule has 0 bridgehead atoms. The molecule has 5 unspecified atom stereocenters. The number of rotatable bonds is 10. The van der Waals surface area contributed by atoms with E-state index in [0.717, 1.165) is 10.8 Å². The molecule has 17 nitrogen and oxygen atoms in total. The molecule has 0 saturated carbocycles. The summed E-state index contributed by atoms with van der Waals surface area (Å²) in [5, 5.41) is 31.2. The van der Waals surface area contributed by atoms with Gasteiger partial charge in [0.15, 0.2) is 12.1 Å². The smallest absolute Gasteiger partial charge is 0.465 e. The number of hydrogen-bond acceptors (Lipinski definition) is 13. The lowest BCUT2D eigenvalue weighted by atomic mass is 9.95. The van der Waals surface area contributed by atoms with Crippen LogP contribution in [0, 0.1) is 5.92 Å². The number of aliphatic hydroxyl groups is 3. The molecule has 0 spiro atoms. The fourth-order valence-electron chi connectivity index (χ4n) is 4.33. The van der Waals surface area contributed by atoms with Gasteiger partial charge in [-0.15, -0.1) is 0 Å². The van der Waals surface area contributed by atoms with E-state index in [2.05, 4.69) is 4.98 Å². The Morgan fingerprint density at radius 1 is 1.10 bits per heavy atom. The van der Waals surface area contributed by atoms with E-state index in [1.165, 1.54) is 6.07 Å². The highest BCUT2D eigenvalue weighted by Gasteiger charge is 2.50. The van der Waals surface area contributed by atoms with Crippen LogP contribution in [-0.2, 0) is 27.7 Å². The molecule has 2 aliphatic rings. The first-order chi connectivity index (χ1) is 19.2. The van der Waals surface area contributed by atoms with Crippen molar-refractivity contribution in [2.75, 3.05) is 12.3 Å². The van der Waals surface area contributed by atoms with Gasteiger partial charge >= 0.3 is 21.1 Å². The number of aliphatic hydroxyl groups excluding tert-OH is 3. The summed E-state index contributed by atoms with van der Waals surface area (Å²) in [7, 11) is -10.6. The summed E-state index contributed by atoms with van der Waals surface area (Å²) >= 11 is 0. The quantitative estimate of drug-likeness (QED) is 0.161. The van der Waals surface area contributed by atoms with Crippen LogP contribution in [0.1, 0.15) is 19.6 Å². The highest BCUT2D eigenvalue weighted by atomic mass is 31.2. The largest absolute Gasteiger partial charge is 0.473 e. The van der Waals surface area contributed by atoms with Crippen LogP contribution in [0.5, 0.6) is 5.75 Å². The second-order valence-corrected chi connectivity index (χ2v) is 12.7. The zero-order chi connectivity index (χ0) is 30.1. The van der Waals surface area contributed by atoms with Gasteiger partial charge in [-0.2, -0.15) is 4.98 Å². The minimum Gasteiger partial charge on any atom is -0.465 e. The number of phosphoric acid groups is 1. The second-order valence-electron chi connectivity index (χ2n) is 9.57. The van der Waals surface area contributed by atoms with Gasteiger partial charge in [0.1, 0.15) is 36.0 Å². The van der Waals surface area contributed by atoms with Crippen molar-refractivity contribution in [2.45, 2.75) is 62.2 Å². The van der Waals surface area contributed by atoms with Crippen LogP contribution in [0.4, 0.5) is 5.82 Å².